The average molecular weight is 308 g/mol. The van der Waals surface area contributed by atoms with E-state index in [9.17, 15) is 0 Å². The summed E-state index contributed by atoms with van der Waals surface area (Å²) in [7, 11) is 2.00. The lowest BCUT2D eigenvalue weighted by molar-refractivity contribution is 0.0586. The maximum atomic E-state index is 6.00. The second-order valence-corrected chi connectivity index (χ2v) is 5.80. The van der Waals surface area contributed by atoms with Crippen LogP contribution in [-0.2, 0) is 0 Å². The van der Waals surface area contributed by atoms with Gasteiger partial charge in [-0.3, -0.25) is 9.91 Å². The topological polar surface area (TPSA) is 44.9 Å². The largest absolute Gasteiger partial charge is 0.320 e. The zero-order valence-electron chi connectivity index (χ0n) is 8.43. The van der Waals surface area contributed by atoms with Gasteiger partial charge in [-0.05, 0) is 12.8 Å². The maximum absolute atomic E-state index is 6.00. The summed E-state index contributed by atoms with van der Waals surface area (Å²) in [5.74, 6) is 0. The molecule has 2 aliphatic rings. The predicted molar refractivity (Wildman–Crippen MR) is 66.6 cm³/mol. The number of hydrazone groups is 1. The van der Waals surface area contributed by atoms with Crippen LogP contribution in [0.5, 0.6) is 0 Å². The first-order valence-electron chi connectivity index (χ1n) is 5.09. The lowest BCUT2D eigenvalue weighted by Crippen LogP contribution is -2.54. The molecular formula is C9H17IN4. The van der Waals surface area contributed by atoms with Gasteiger partial charge in [-0.25, -0.2) is 0 Å². The zero-order valence-corrected chi connectivity index (χ0v) is 10.6. The molecule has 0 amide bonds. The van der Waals surface area contributed by atoms with E-state index in [1.54, 1.807) is 0 Å². The monoisotopic (exact) mass is 308 g/mol. The Morgan fingerprint density at radius 3 is 2.57 bits per heavy atom. The molecule has 2 rings (SSSR count). The zero-order chi connectivity index (χ0) is 10.1. The lowest BCUT2D eigenvalue weighted by atomic mass is 10.1. The third kappa shape index (κ3) is 2.04. The minimum absolute atomic E-state index is 0.0748. The first-order valence-corrected chi connectivity index (χ1v) is 6.33. The third-order valence-corrected chi connectivity index (χ3v) is 4.23. The van der Waals surface area contributed by atoms with Gasteiger partial charge in [0, 0.05) is 30.3 Å². The summed E-state index contributed by atoms with van der Waals surface area (Å²) < 4.78 is 0.840. The van der Waals surface area contributed by atoms with Crippen molar-refractivity contribution in [3.05, 3.63) is 0 Å². The molecule has 1 fully saturated rings. The molecule has 2 heterocycles. The Bertz CT molecular complexity index is 213. The van der Waals surface area contributed by atoms with Crippen LogP contribution in [0.1, 0.15) is 12.8 Å². The van der Waals surface area contributed by atoms with Gasteiger partial charge in [0.2, 0.25) is 0 Å². The summed E-state index contributed by atoms with van der Waals surface area (Å²) >= 11 is 2.54. The minimum Gasteiger partial charge on any atom is -0.320 e. The van der Waals surface area contributed by atoms with E-state index < -0.39 is 0 Å². The number of likely N-dealkylation sites (N-methyl/N-ethyl adjacent to an activating group) is 1. The molecule has 80 valence electrons. The second-order valence-electron chi connectivity index (χ2n) is 4.04. The van der Waals surface area contributed by atoms with Gasteiger partial charge < -0.3 is 5.73 Å². The Morgan fingerprint density at radius 2 is 2.07 bits per heavy atom. The first-order chi connectivity index (χ1) is 6.68. The van der Waals surface area contributed by atoms with Crippen LogP contribution in [-0.4, -0.2) is 52.4 Å². The van der Waals surface area contributed by atoms with Crippen LogP contribution in [0.25, 0.3) is 0 Å². The highest BCUT2D eigenvalue weighted by molar-refractivity contribution is 14.1. The van der Waals surface area contributed by atoms with E-state index in [2.05, 4.69) is 32.6 Å². The SMILES string of the molecule is CN1N=CC(N)C1N1CCC(I)CC1. The van der Waals surface area contributed by atoms with Crippen molar-refractivity contribution >= 4 is 28.8 Å². The molecule has 0 spiro atoms. The van der Waals surface area contributed by atoms with Crippen molar-refractivity contribution in [2.24, 2.45) is 10.8 Å². The smallest absolute Gasteiger partial charge is 0.119 e. The van der Waals surface area contributed by atoms with Gasteiger partial charge >= 0.3 is 0 Å². The van der Waals surface area contributed by atoms with Gasteiger partial charge in [-0.2, -0.15) is 5.10 Å². The number of piperidine rings is 1. The molecule has 2 N–H and O–H groups in total. The summed E-state index contributed by atoms with van der Waals surface area (Å²) in [4.78, 5) is 2.45. The van der Waals surface area contributed by atoms with Gasteiger partial charge in [0.05, 0.1) is 6.04 Å². The van der Waals surface area contributed by atoms with Crippen LogP contribution in [0.15, 0.2) is 5.10 Å². The Balaban J connectivity index is 1.95. The van der Waals surface area contributed by atoms with E-state index in [1.165, 1.54) is 12.8 Å². The number of nitrogens with two attached hydrogens (primary N) is 1. The summed E-state index contributed by atoms with van der Waals surface area (Å²) in [6.45, 7) is 2.30. The fraction of sp³-hybridized carbons (Fsp3) is 0.889. The summed E-state index contributed by atoms with van der Waals surface area (Å²) in [6.07, 6.45) is 4.69. The van der Waals surface area contributed by atoms with Crippen molar-refractivity contribution in [3.63, 3.8) is 0 Å². The van der Waals surface area contributed by atoms with Crippen molar-refractivity contribution < 1.29 is 0 Å². The van der Waals surface area contributed by atoms with Crippen molar-refractivity contribution in [1.29, 1.82) is 0 Å². The fourth-order valence-electron chi connectivity index (χ4n) is 2.19. The summed E-state index contributed by atoms with van der Waals surface area (Å²) in [5, 5.41) is 6.22. The van der Waals surface area contributed by atoms with Gasteiger partial charge in [-0.15, -0.1) is 0 Å². The molecule has 0 aromatic heterocycles. The molecular weight excluding hydrogens is 291 g/mol. The number of alkyl halides is 1. The molecule has 2 unspecified atom stereocenters. The first kappa shape index (κ1) is 10.6. The number of rotatable bonds is 1. The number of hydrogen-bond donors (Lipinski definition) is 1. The van der Waals surface area contributed by atoms with Gasteiger partial charge in [0.25, 0.3) is 0 Å². The summed E-state index contributed by atoms with van der Waals surface area (Å²) in [5.41, 5.74) is 6.00. The molecule has 4 nitrogen and oxygen atoms in total. The van der Waals surface area contributed by atoms with Crippen molar-refractivity contribution in [2.45, 2.75) is 29.0 Å². The molecule has 1 saturated heterocycles. The molecule has 14 heavy (non-hydrogen) atoms. The molecule has 2 atom stereocenters. The Morgan fingerprint density at radius 1 is 1.43 bits per heavy atom. The van der Waals surface area contributed by atoms with Crippen LogP contribution in [0.3, 0.4) is 0 Å². The van der Waals surface area contributed by atoms with Crippen LogP contribution in [0, 0.1) is 0 Å². The number of nitrogens with zero attached hydrogens (tertiary/aromatic N) is 3. The molecule has 0 saturated carbocycles. The van der Waals surface area contributed by atoms with Crippen molar-refractivity contribution in [1.82, 2.24) is 9.91 Å². The van der Waals surface area contributed by atoms with E-state index >= 15 is 0 Å². The number of halogens is 1. The van der Waals surface area contributed by atoms with E-state index in [0.29, 0.717) is 6.17 Å². The summed E-state index contributed by atoms with van der Waals surface area (Å²) in [6, 6.07) is 0.0748. The molecule has 2 aliphatic heterocycles. The average Bonchev–Trinajstić information content (AvgIpc) is 2.49. The lowest BCUT2D eigenvalue weighted by Gasteiger charge is -2.38. The van der Waals surface area contributed by atoms with Crippen molar-refractivity contribution in [2.75, 3.05) is 20.1 Å². The van der Waals surface area contributed by atoms with E-state index in [4.69, 9.17) is 5.73 Å². The molecule has 0 bridgehead atoms. The van der Waals surface area contributed by atoms with Gasteiger partial charge in [0.15, 0.2) is 0 Å². The Kier molecular flexibility index (Phi) is 3.28. The van der Waals surface area contributed by atoms with E-state index in [0.717, 1.165) is 17.0 Å². The highest BCUT2D eigenvalue weighted by Gasteiger charge is 2.33. The standard InChI is InChI=1S/C9H17IN4/c1-13-9(8(11)6-12-13)14-4-2-7(10)3-5-14/h6-9H,2-5,11H2,1H3. The molecule has 5 heteroatoms. The van der Waals surface area contributed by atoms with Gasteiger partial charge in [0.1, 0.15) is 6.17 Å². The maximum Gasteiger partial charge on any atom is 0.119 e. The Labute approximate surface area is 98.6 Å². The molecule has 0 aliphatic carbocycles. The van der Waals surface area contributed by atoms with Crippen LogP contribution >= 0.6 is 22.6 Å². The predicted octanol–water partition coefficient (Wildman–Crippen LogP) is 0.470. The second kappa shape index (κ2) is 4.32. The molecule has 0 radical (unpaired) electrons. The van der Waals surface area contributed by atoms with Crippen LogP contribution in [0.2, 0.25) is 0 Å². The number of hydrogen-bond acceptors (Lipinski definition) is 4. The van der Waals surface area contributed by atoms with E-state index in [-0.39, 0.29) is 6.04 Å². The quantitative estimate of drug-likeness (QED) is 0.566. The highest BCUT2D eigenvalue weighted by Crippen LogP contribution is 2.22. The van der Waals surface area contributed by atoms with Crippen molar-refractivity contribution in [3.8, 4) is 0 Å². The Hall–Kier alpha value is 0.120. The highest BCUT2D eigenvalue weighted by atomic mass is 127. The normalized spacial score (nSPS) is 35.5. The third-order valence-electron chi connectivity index (χ3n) is 2.98. The van der Waals surface area contributed by atoms with Crippen LogP contribution < -0.4 is 5.73 Å². The fourth-order valence-corrected chi connectivity index (χ4v) is 2.75. The number of likely N-dealkylation sites (tertiary alicyclic amines) is 1. The van der Waals surface area contributed by atoms with Crippen LogP contribution in [0.4, 0.5) is 0 Å². The minimum atomic E-state index is 0.0748. The van der Waals surface area contributed by atoms with E-state index in [1.807, 2.05) is 18.3 Å². The van der Waals surface area contributed by atoms with Gasteiger partial charge in [-0.1, -0.05) is 22.6 Å². The molecule has 0 aromatic rings. The molecule has 0 aromatic carbocycles.